The predicted octanol–water partition coefficient (Wildman–Crippen LogP) is 3.67. The second-order valence-corrected chi connectivity index (χ2v) is 9.29. The van der Waals surface area contributed by atoms with E-state index in [2.05, 4.69) is 44.4 Å². The standard InChI is InChI=1S/C25H36N8O/c26-10-3-4-11-27-25-30-23(22-24(31-25)33(18-28-22)21-8-1-2-9-21)29-20-7-5-6-19(16-20)17-32-12-14-34-15-13-32/h5-7,16,18,21H,1-4,8-15,17,26H2,(H2,27,29,30,31). The first-order chi connectivity index (χ1) is 16.8. The van der Waals surface area contributed by atoms with Gasteiger partial charge in [0.25, 0.3) is 0 Å². The molecule has 0 unspecified atom stereocenters. The highest BCUT2D eigenvalue weighted by Crippen LogP contribution is 2.33. The molecule has 34 heavy (non-hydrogen) atoms. The topological polar surface area (TPSA) is 106 Å². The van der Waals surface area contributed by atoms with E-state index in [9.17, 15) is 0 Å². The number of nitrogens with two attached hydrogens (primary N) is 1. The van der Waals surface area contributed by atoms with Gasteiger partial charge in [0.05, 0.1) is 19.5 Å². The number of fused-ring (bicyclic) bond motifs is 1. The van der Waals surface area contributed by atoms with Gasteiger partial charge in [-0.1, -0.05) is 25.0 Å². The quantitative estimate of drug-likeness (QED) is 0.390. The third-order valence-electron chi connectivity index (χ3n) is 6.75. The van der Waals surface area contributed by atoms with Crippen molar-refractivity contribution in [3.05, 3.63) is 36.2 Å². The average Bonchev–Trinajstić information content (AvgIpc) is 3.53. The molecule has 0 spiro atoms. The molecule has 0 amide bonds. The van der Waals surface area contributed by atoms with Crippen molar-refractivity contribution in [2.45, 2.75) is 51.1 Å². The van der Waals surface area contributed by atoms with Crippen molar-refractivity contribution in [3.8, 4) is 0 Å². The lowest BCUT2D eigenvalue weighted by Gasteiger charge is -2.26. The van der Waals surface area contributed by atoms with Crippen molar-refractivity contribution in [1.29, 1.82) is 0 Å². The number of anilines is 3. The van der Waals surface area contributed by atoms with Crippen LogP contribution < -0.4 is 16.4 Å². The maximum Gasteiger partial charge on any atom is 0.226 e. The van der Waals surface area contributed by atoms with Gasteiger partial charge in [-0.05, 0) is 49.9 Å². The highest BCUT2D eigenvalue weighted by molar-refractivity contribution is 5.86. The molecule has 1 saturated heterocycles. The maximum absolute atomic E-state index is 5.65. The number of aromatic nitrogens is 4. The summed E-state index contributed by atoms with van der Waals surface area (Å²) in [6.45, 7) is 5.98. The molecule has 1 aromatic carbocycles. The largest absolute Gasteiger partial charge is 0.379 e. The SMILES string of the molecule is NCCCCNc1nc(Nc2cccc(CN3CCOCC3)c2)c2ncn(C3CCCC3)c2n1. The molecule has 9 heteroatoms. The Hall–Kier alpha value is -2.75. The Balaban J connectivity index is 1.40. The second-order valence-electron chi connectivity index (χ2n) is 9.29. The van der Waals surface area contributed by atoms with Crippen LogP contribution >= 0.6 is 0 Å². The maximum atomic E-state index is 5.65. The molecule has 3 aromatic rings. The molecule has 2 aromatic heterocycles. The van der Waals surface area contributed by atoms with E-state index in [-0.39, 0.29) is 0 Å². The van der Waals surface area contributed by atoms with Crippen LogP contribution in [0.15, 0.2) is 30.6 Å². The van der Waals surface area contributed by atoms with Gasteiger partial charge in [0.1, 0.15) is 0 Å². The molecule has 1 saturated carbocycles. The van der Waals surface area contributed by atoms with Crippen molar-refractivity contribution in [3.63, 3.8) is 0 Å². The zero-order valence-electron chi connectivity index (χ0n) is 19.9. The Morgan fingerprint density at radius 1 is 1.09 bits per heavy atom. The van der Waals surface area contributed by atoms with Crippen LogP contribution in [0.5, 0.6) is 0 Å². The Labute approximate surface area is 201 Å². The van der Waals surface area contributed by atoms with Crippen LogP contribution in [0.4, 0.5) is 17.5 Å². The van der Waals surface area contributed by atoms with Crippen LogP contribution in [0.2, 0.25) is 0 Å². The molecular weight excluding hydrogens is 428 g/mol. The summed E-state index contributed by atoms with van der Waals surface area (Å²) >= 11 is 0. The molecule has 3 heterocycles. The number of imidazole rings is 1. The number of unbranched alkanes of at least 4 members (excludes halogenated alkanes) is 1. The summed E-state index contributed by atoms with van der Waals surface area (Å²) in [5.74, 6) is 1.38. The van der Waals surface area contributed by atoms with Gasteiger partial charge in [-0.25, -0.2) is 4.98 Å². The summed E-state index contributed by atoms with van der Waals surface area (Å²) in [6.07, 6.45) is 8.81. The molecule has 1 aliphatic carbocycles. The molecule has 2 fully saturated rings. The summed E-state index contributed by atoms with van der Waals surface area (Å²) < 4.78 is 7.73. The third-order valence-corrected chi connectivity index (χ3v) is 6.75. The summed E-state index contributed by atoms with van der Waals surface area (Å²) in [5.41, 5.74) is 9.65. The zero-order valence-corrected chi connectivity index (χ0v) is 19.9. The highest BCUT2D eigenvalue weighted by atomic mass is 16.5. The summed E-state index contributed by atoms with van der Waals surface area (Å²) in [7, 11) is 0. The molecular formula is C25H36N8O. The molecule has 5 rings (SSSR count). The molecule has 2 aliphatic rings. The summed E-state index contributed by atoms with van der Waals surface area (Å²) in [4.78, 5) is 16.8. The molecule has 9 nitrogen and oxygen atoms in total. The molecule has 0 bridgehead atoms. The van der Waals surface area contributed by atoms with Crippen LogP contribution in [0, 0.1) is 0 Å². The van der Waals surface area contributed by atoms with Crippen molar-refractivity contribution >= 4 is 28.6 Å². The first kappa shape index (κ1) is 23.0. The molecule has 0 radical (unpaired) electrons. The van der Waals surface area contributed by atoms with E-state index in [1.807, 2.05) is 6.33 Å². The first-order valence-electron chi connectivity index (χ1n) is 12.6. The van der Waals surface area contributed by atoms with E-state index < -0.39 is 0 Å². The minimum atomic E-state index is 0.467. The van der Waals surface area contributed by atoms with E-state index in [0.717, 1.165) is 74.9 Å². The van der Waals surface area contributed by atoms with Gasteiger partial charge in [-0.15, -0.1) is 0 Å². The van der Waals surface area contributed by atoms with E-state index in [1.54, 1.807) is 0 Å². The Morgan fingerprint density at radius 2 is 1.94 bits per heavy atom. The smallest absolute Gasteiger partial charge is 0.226 e. The number of morpholine rings is 1. The monoisotopic (exact) mass is 464 g/mol. The lowest BCUT2D eigenvalue weighted by Crippen LogP contribution is -2.35. The predicted molar refractivity (Wildman–Crippen MR) is 135 cm³/mol. The van der Waals surface area contributed by atoms with Crippen molar-refractivity contribution in [2.75, 3.05) is 50.0 Å². The van der Waals surface area contributed by atoms with Gasteiger partial charge in [0.15, 0.2) is 17.0 Å². The Bertz CT molecular complexity index is 1070. The van der Waals surface area contributed by atoms with Crippen LogP contribution in [0.3, 0.4) is 0 Å². The normalized spacial score (nSPS) is 17.4. The number of nitrogens with one attached hydrogen (secondary N) is 2. The van der Waals surface area contributed by atoms with Gasteiger partial charge >= 0.3 is 0 Å². The van der Waals surface area contributed by atoms with Crippen molar-refractivity contribution < 1.29 is 4.74 Å². The number of hydrogen-bond donors (Lipinski definition) is 3. The molecule has 4 N–H and O–H groups in total. The molecule has 0 atom stereocenters. The number of ether oxygens (including phenoxy) is 1. The van der Waals surface area contributed by atoms with Crippen LogP contribution in [-0.2, 0) is 11.3 Å². The fourth-order valence-corrected chi connectivity index (χ4v) is 4.90. The van der Waals surface area contributed by atoms with Crippen molar-refractivity contribution in [2.24, 2.45) is 5.73 Å². The van der Waals surface area contributed by atoms with Gasteiger partial charge in [0, 0.05) is 37.9 Å². The fraction of sp³-hybridized carbons (Fsp3) is 0.560. The van der Waals surface area contributed by atoms with Crippen LogP contribution in [0.25, 0.3) is 11.2 Å². The minimum absolute atomic E-state index is 0.467. The van der Waals surface area contributed by atoms with Crippen LogP contribution in [-0.4, -0.2) is 63.8 Å². The highest BCUT2D eigenvalue weighted by Gasteiger charge is 2.22. The Kier molecular flexibility index (Phi) is 7.52. The summed E-state index contributed by atoms with van der Waals surface area (Å²) in [6, 6.07) is 9.02. The number of hydrogen-bond acceptors (Lipinski definition) is 8. The Morgan fingerprint density at radius 3 is 2.76 bits per heavy atom. The first-order valence-corrected chi connectivity index (χ1v) is 12.6. The van der Waals surface area contributed by atoms with E-state index in [0.29, 0.717) is 18.5 Å². The number of benzene rings is 1. The molecule has 182 valence electrons. The lowest BCUT2D eigenvalue weighted by atomic mass is 10.2. The number of nitrogens with zero attached hydrogens (tertiary/aromatic N) is 5. The van der Waals surface area contributed by atoms with Gasteiger partial charge in [0.2, 0.25) is 5.95 Å². The van der Waals surface area contributed by atoms with Crippen molar-refractivity contribution in [1.82, 2.24) is 24.4 Å². The summed E-state index contributed by atoms with van der Waals surface area (Å²) in [5, 5.41) is 6.93. The average molecular weight is 465 g/mol. The van der Waals surface area contributed by atoms with Gasteiger partial charge in [-0.3, -0.25) is 4.90 Å². The van der Waals surface area contributed by atoms with E-state index >= 15 is 0 Å². The second kappa shape index (κ2) is 11.1. The fourth-order valence-electron chi connectivity index (χ4n) is 4.90. The zero-order chi connectivity index (χ0) is 23.2. The third kappa shape index (κ3) is 5.48. The number of rotatable bonds is 10. The van der Waals surface area contributed by atoms with Gasteiger partial charge in [-0.2, -0.15) is 9.97 Å². The van der Waals surface area contributed by atoms with E-state index in [1.165, 1.54) is 31.2 Å². The lowest BCUT2D eigenvalue weighted by molar-refractivity contribution is 0.0342. The van der Waals surface area contributed by atoms with Gasteiger partial charge < -0.3 is 25.7 Å². The minimum Gasteiger partial charge on any atom is -0.379 e. The van der Waals surface area contributed by atoms with E-state index in [4.69, 9.17) is 25.4 Å². The molecule has 1 aliphatic heterocycles. The van der Waals surface area contributed by atoms with Crippen LogP contribution in [0.1, 0.15) is 50.1 Å².